The van der Waals surface area contributed by atoms with Gasteiger partial charge in [-0.1, -0.05) is 105 Å². The summed E-state index contributed by atoms with van der Waals surface area (Å²) in [7, 11) is 0. The molecule has 1 nitrogen and oxygen atoms in total. The number of para-hydroxylation sites is 1. The molecule has 0 radical (unpaired) electrons. The fourth-order valence-electron chi connectivity index (χ4n) is 3.22. The lowest BCUT2D eigenvalue weighted by Gasteiger charge is -2.34. The van der Waals surface area contributed by atoms with Crippen molar-refractivity contribution in [1.82, 2.24) is 0 Å². The maximum absolute atomic E-state index is 5.94. The van der Waals surface area contributed by atoms with Gasteiger partial charge in [-0.2, -0.15) is 0 Å². The van der Waals surface area contributed by atoms with Gasteiger partial charge < -0.3 is 5.32 Å². The lowest BCUT2D eigenvalue weighted by molar-refractivity contribution is 0.547. The van der Waals surface area contributed by atoms with Crippen LogP contribution in [0.25, 0.3) is 0 Å². The van der Waals surface area contributed by atoms with Gasteiger partial charge in [0, 0.05) is 11.3 Å². The van der Waals surface area contributed by atoms with Crippen molar-refractivity contribution in [3.8, 4) is 0 Å². The molecule has 0 unspecified atom stereocenters. The topological polar surface area (TPSA) is 12.0 Å². The average molecular weight is 382 g/mol. The third-order valence-corrected chi connectivity index (χ3v) is 5.19. The monoisotopic (exact) mass is 381 g/mol. The standard InChI is InChI=1S/C25H35NS/c1-23(2,3)17-15-19(24(4,5)6)21(20(16-17)25(7,8)9)22(27)26-18-13-11-10-12-14-18/h10-16H,1-9H3,(H,26,27). The second kappa shape index (κ2) is 7.39. The molecule has 0 aromatic heterocycles. The zero-order chi connectivity index (χ0) is 20.6. The van der Waals surface area contributed by atoms with Gasteiger partial charge in [-0.15, -0.1) is 0 Å². The largest absolute Gasteiger partial charge is 0.346 e. The molecule has 0 spiro atoms. The van der Waals surface area contributed by atoms with Crippen LogP contribution in [0.1, 0.15) is 84.6 Å². The third-order valence-electron chi connectivity index (χ3n) is 4.88. The molecule has 146 valence electrons. The van der Waals surface area contributed by atoms with Crippen molar-refractivity contribution >= 4 is 22.9 Å². The maximum Gasteiger partial charge on any atom is 0.111 e. The molecule has 27 heavy (non-hydrogen) atoms. The summed E-state index contributed by atoms with van der Waals surface area (Å²) in [6, 6.07) is 14.9. The molecular weight excluding hydrogens is 346 g/mol. The van der Waals surface area contributed by atoms with E-state index in [0.29, 0.717) is 0 Å². The van der Waals surface area contributed by atoms with E-state index in [-0.39, 0.29) is 16.2 Å². The van der Waals surface area contributed by atoms with Crippen LogP contribution in [-0.2, 0) is 16.2 Å². The molecule has 2 rings (SSSR count). The van der Waals surface area contributed by atoms with Crippen molar-refractivity contribution in [2.75, 3.05) is 5.32 Å². The number of benzene rings is 2. The van der Waals surface area contributed by atoms with E-state index in [1.807, 2.05) is 18.2 Å². The molecule has 1 N–H and O–H groups in total. The predicted octanol–water partition coefficient (Wildman–Crippen LogP) is 7.37. The highest BCUT2D eigenvalue weighted by atomic mass is 32.1. The Labute approximate surface area is 171 Å². The summed E-state index contributed by atoms with van der Waals surface area (Å²) < 4.78 is 0. The summed E-state index contributed by atoms with van der Waals surface area (Å²) >= 11 is 5.94. The van der Waals surface area contributed by atoms with E-state index < -0.39 is 0 Å². The van der Waals surface area contributed by atoms with Crippen molar-refractivity contribution in [3.05, 3.63) is 64.7 Å². The Morgan fingerprint density at radius 1 is 0.704 bits per heavy atom. The number of thiocarbonyl (C=S) groups is 1. The van der Waals surface area contributed by atoms with Crippen LogP contribution in [0.3, 0.4) is 0 Å². The number of rotatable bonds is 2. The summed E-state index contributed by atoms with van der Waals surface area (Å²) in [6.07, 6.45) is 0. The van der Waals surface area contributed by atoms with Crippen molar-refractivity contribution < 1.29 is 0 Å². The smallest absolute Gasteiger partial charge is 0.111 e. The van der Waals surface area contributed by atoms with Crippen LogP contribution in [0.15, 0.2) is 42.5 Å². The first kappa shape index (κ1) is 21.6. The average Bonchev–Trinajstić information content (AvgIpc) is 2.52. The van der Waals surface area contributed by atoms with Crippen LogP contribution in [0.4, 0.5) is 5.69 Å². The van der Waals surface area contributed by atoms with Crippen LogP contribution in [-0.4, -0.2) is 4.99 Å². The molecule has 0 fully saturated rings. The zero-order valence-corrected chi connectivity index (χ0v) is 19.3. The van der Waals surface area contributed by atoms with Crippen molar-refractivity contribution in [2.45, 2.75) is 78.6 Å². The fraction of sp³-hybridized carbons (Fsp3) is 0.480. The minimum atomic E-state index is -0.000971. The van der Waals surface area contributed by atoms with Gasteiger partial charge in [-0.05, 0) is 45.1 Å². The molecule has 2 aromatic carbocycles. The minimum Gasteiger partial charge on any atom is -0.346 e. The second-order valence-electron chi connectivity index (χ2n) is 10.5. The SMILES string of the molecule is CC(C)(C)c1cc(C(C)(C)C)c(C(=S)Nc2ccccc2)c(C(C)(C)C)c1. The molecule has 0 amide bonds. The molecule has 0 atom stereocenters. The fourth-order valence-corrected chi connectivity index (χ4v) is 3.56. The number of anilines is 1. The van der Waals surface area contributed by atoms with Crippen molar-refractivity contribution in [2.24, 2.45) is 0 Å². The number of hydrogen-bond acceptors (Lipinski definition) is 1. The van der Waals surface area contributed by atoms with Crippen molar-refractivity contribution in [1.29, 1.82) is 0 Å². The maximum atomic E-state index is 5.94. The molecule has 0 aliphatic rings. The van der Waals surface area contributed by atoms with Crippen LogP contribution in [0.2, 0.25) is 0 Å². The van der Waals surface area contributed by atoms with Gasteiger partial charge in [0.25, 0.3) is 0 Å². The van der Waals surface area contributed by atoms with Crippen LogP contribution in [0.5, 0.6) is 0 Å². The van der Waals surface area contributed by atoms with Crippen molar-refractivity contribution in [3.63, 3.8) is 0 Å². The highest BCUT2D eigenvalue weighted by molar-refractivity contribution is 7.81. The summed E-state index contributed by atoms with van der Waals surface area (Å²) in [4.78, 5) is 0.802. The van der Waals surface area contributed by atoms with Gasteiger partial charge in [-0.3, -0.25) is 0 Å². The van der Waals surface area contributed by atoms with E-state index in [2.05, 4.69) is 91.9 Å². The van der Waals surface area contributed by atoms with E-state index >= 15 is 0 Å². The Balaban J connectivity index is 2.74. The van der Waals surface area contributed by atoms with E-state index in [4.69, 9.17) is 12.2 Å². The Morgan fingerprint density at radius 2 is 1.15 bits per heavy atom. The van der Waals surface area contributed by atoms with Gasteiger partial charge in [0.1, 0.15) is 4.99 Å². The quantitative estimate of drug-likeness (QED) is 0.545. The zero-order valence-electron chi connectivity index (χ0n) is 18.4. The molecule has 0 saturated heterocycles. The minimum absolute atomic E-state index is 0.000971. The Bertz CT molecular complexity index is 777. The Morgan fingerprint density at radius 3 is 1.52 bits per heavy atom. The van der Waals surface area contributed by atoms with Gasteiger partial charge in [-0.25, -0.2) is 0 Å². The normalized spacial score (nSPS) is 12.8. The Kier molecular flexibility index (Phi) is 5.92. The number of hydrogen-bond donors (Lipinski definition) is 1. The lowest BCUT2D eigenvalue weighted by Crippen LogP contribution is -2.28. The molecule has 2 heteroatoms. The first-order valence-electron chi connectivity index (χ1n) is 9.77. The first-order valence-corrected chi connectivity index (χ1v) is 10.2. The second-order valence-corrected chi connectivity index (χ2v) is 10.9. The third kappa shape index (κ3) is 5.19. The molecule has 0 saturated carbocycles. The predicted molar refractivity (Wildman–Crippen MR) is 124 cm³/mol. The first-order chi connectivity index (χ1) is 12.2. The molecular formula is C25H35NS. The summed E-state index contributed by atoms with van der Waals surface area (Å²) in [5.74, 6) is 0. The van der Waals surface area contributed by atoms with Gasteiger partial charge in [0.2, 0.25) is 0 Å². The van der Waals surface area contributed by atoms with E-state index in [9.17, 15) is 0 Å². The molecule has 2 aromatic rings. The summed E-state index contributed by atoms with van der Waals surface area (Å²) in [5.41, 5.74) is 6.29. The molecule has 0 aliphatic heterocycles. The van der Waals surface area contributed by atoms with Crippen LogP contribution in [0, 0.1) is 0 Å². The lowest BCUT2D eigenvalue weighted by atomic mass is 9.72. The van der Waals surface area contributed by atoms with Crippen LogP contribution < -0.4 is 5.32 Å². The van der Waals surface area contributed by atoms with Gasteiger partial charge in [0.15, 0.2) is 0 Å². The van der Waals surface area contributed by atoms with E-state index in [1.54, 1.807) is 0 Å². The highest BCUT2D eigenvalue weighted by Crippen LogP contribution is 2.38. The van der Waals surface area contributed by atoms with E-state index in [0.717, 1.165) is 10.7 Å². The van der Waals surface area contributed by atoms with E-state index in [1.165, 1.54) is 22.3 Å². The number of nitrogens with one attached hydrogen (secondary N) is 1. The molecule has 0 heterocycles. The van der Waals surface area contributed by atoms with Crippen LogP contribution >= 0.6 is 12.2 Å². The highest BCUT2D eigenvalue weighted by Gasteiger charge is 2.30. The van der Waals surface area contributed by atoms with Gasteiger partial charge in [0.05, 0.1) is 0 Å². The Hall–Kier alpha value is -1.67. The summed E-state index contributed by atoms with van der Waals surface area (Å²) in [5, 5.41) is 3.47. The summed E-state index contributed by atoms with van der Waals surface area (Å²) in [6.45, 7) is 20.5. The van der Waals surface area contributed by atoms with Gasteiger partial charge >= 0.3 is 0 Å². The molecule has 0 aliphatic carbocycles. The molecule has 0 bridgehead atoms.